The van der Waals surface area contributed by atoms with Crippen molar-refractivity contribution in [3.05, 3.63) is 93.9 Å². The van der Waals surface area contributed by atoms with E-state index < -0.39 is 0 Å². The number of amides is 1. The standard InChI is InChI=1S/C26H27N3O4/c1-18-21-9-10-23(32-16-24(30)28-11-6-13-29-14-12-27-17-29)19(2)25(21)33-26(31)22(18)15-20-7-4-3-5-8-20/h3-5,7-10,12,14,17H,6,11,13,15-16H2,1-2H3,(H,28,30). The highest BCUT2D eigenvalue weighted by Crippen LogP contribution is 2.30. The van der Waals surface area contributed by atoms with Crippen molar-refractivity contribution in [2.24, 2.45) is 0 Å². The van der Waals surface area contributed by atoms with Gasteiger partial charge in [-0.05, 0) is 43.5 Å². The summed E-state index contributed by atoms with van der Waals surface area (Å²) in [4.78, 5) is 28.9. The van der Waals surface area contributed by atoms with Crippen molar-refractivity contribution in [2.75, 3.05) is 13.2 Å². The minimum absolute atomic E-state index is 0.104. The number of carbonyl (C=O) groups is 1. The maximum absolute atomic E-state index is 12.7. The molecule has 0 spiro atoms. The third kappa shape index (κ3) is 5.31. The minimum Gasteiger partial charge on any atom is -0.483 e. The van der Waals surface area contributed by atoms with E-state index in [-0.39, 0.29) is 18.1 Å². The fraction of sp³-hybridized carbons (Fsp3) is 0.269. The molecule has 0 saturated carbocycles. The van der Waals surface area contributed by atoms with E-state index in [0.717, 1.165) is 29.5 Å². The minimum atomic E-state index is -0.347. The van der Waals surface area contributed by atoms with Crippen LogP contribution >= 0.6 is 0 Å². The highest BCUT2D eigenvalue weighted by atomic mass is 16.5. The molecule has 0 aliphatic rings. The van der Waals surface area contributed by atoms with Gasteiger partial charge in [-0.2, -0.15) is 0 Å². The van der Waals surface area contributed by atoms with E-state index >= 15 is 0 Å². The van der Waals surface area contributed by atoms with Crippen LogP contribution in [0, 0.1) is 13.8 Å². The molecule has 2 aromatic carbocycles. The van der Waals surface area contributed by atoms with Gasteiger partial charge >= 0.3 is 5.63 Å². The number of hydrogen-bond acceptors (Lipinski definition) is 5. The topological polar surface area (TPSA) is 86.4 Å². The number of ether oxygens (including phenoxy) is 1. The average molecular weight is 446 g/mol. The zero-order valence-corrected chi connectivity index (χ0v) is 18.8. The molecule has 2 heterocycles. The van der Waals surface area contributed by atoms with Gasteiger partial charge < -0.3 is 19.0 Å². The predicted molar refractivity (Wildman–Crippen MR) is 127 cm³/mol. The van der Waals surface area contributed by atoms with Crippen molar-refractivity contribution in [3.8, 4) is 5.75 Å². The normalized spacial score (nSPS) is 11.0. The summed E-state index contributed by atoms with van der Waals surface area (Å²) in [6.07, 6.45) is 6.68. The second-order valence-corrected chi connectivity index (χ2v) is 8.01. The van der Waals surface area contributed by atoms with E-state index in [9.17, 15) is 9.59 Å². The van der Waals surface area contributed by atoms with E-state index in [0.29, 0.717) is 35.4 Å². The van der Waals surface area contributed by atoms with E-state index in [1.807, 2.05) is 67.1 Å². The fourth-order valence-electron chi connectivity index (χ4n) is 3.83. The molecular formula is C26H27N3O4. The lowest BCUT2D eigenvalue weighted by Gasteiger charge is -2.13. The van der Waals surface area contributed by atoms with Crippen molar-refractivity contribution < 1.29 is 13.9 Å². The van der Waals surface area contributed by atoms with E-state index in [4.69, 9.17) is 9.15 Å². The molecule has 1 amide bonds. The molecule has 0 saturated heterocycles. The second-order valence-electron chi connectivity index (χ2n) is 8.01. The van der Waals surface area contributed by atoms with E-state index in [1.54, 1.807) is 12.5 Å². The Labute approximate surface area is 192 Å². The first kappa shape index (κ1) is 22.3. The van der Waals surface area contributed by atoms with Gasteiger partial charge in [-0.25, -0.2) is 9.78 Å². The highest BCUT2D eigenvalue weighted by molar-refractivity contribution is 5.86. The zero-order valence-electron chi connectivity index (χ0n) is 18.8. The first-order valence-corrected chi connectivity index (χ1v) is 11.0. The number of hydrogen-bond donors (Lipinski definition) is 1. The average Bonchev–Trinajstić information content (AvgIpc) is 3.34. The number of imidazole rings is 1. The van der Waals surface area contributed by atoms with Gasteiger partial charge in [-0.3, -0.25) is 4.79 Å². The molecule has 1 N–H and O–H groups in total. The van der Waals surface area contributed by atoms with Crippen LogP contribution in [0.3, 0.4) is 0 Å². The van der Waals surface area contributed by atoms with Crippen molar-refractivity contribution in [2.45, 2.75) is 33.2 Å². The molecule has 0 aliphatic carbocycles. The van der Waals surface area contributed by atoms with Gasteiger partial charge in [-0.15, -0.1) is 0 Å². The maximum atomic E-state index is 12.7. The van der Waals surface area contributed by atoms with Gasteiger partial charge in [-0.1, -0.05) is 30.3 Å². The van der Waals surface area contributed by atoms with Crippen LogP contribution in [0.5, 0.6) is 5.75 Å². The Morgan fingerprint density at radius 3 is 2.70 bits per heavy atom. The summed E-state index contributed by atoms with van der Waals surface area (Å²) in [7, 11) is 0. The van der Waals surface area contributed by atoms with Crippen LogP contribution < -0.4 is 15.7 Å². The molecule has 4 aromatic rings. The summed E-state index contributed by atoms with van der Waals surface area (Å²) in [6, 6.07) is 13.6. The van der Waals surface area contributed by atoms with Crippen LogP contribution in [0.1, 0.15) is 28.7 Å². The Kier molecular flexibility index (Phi) is 6.88. The van der Waals surface area contributed by atoms with E-state index in [2.05, 4.69) is 10.3 Å². The number of aryl methyl sites for hydroxylation is 3. The zero-order chi connectivity index (χ0) is 23.2. The number of aromatic nitrogens is 2. The highest BCUT2D eigenvalue weighted by Gasteiger charge is 2.16. The third-order valence-corrected chi connectivity index (χ3v) is 5.71. The summed E-state index contributed by atoms with van der Waals surface area (Å²) in [5.41, 5.74) is 3.45. The summed E-state index contributed by atoms with van der Waals surface area (Å²) < 4.78 is 13.4. The van der Waals surface area contributed by atoms with Crippen molar-refractivity contribution in [3.63, 3.8) is 0 Å². The number of carbonyl (C=O) groups excluding carboxylic acids is 1. The van der Waals surface area contributed by atoms with Crippen LogP contribution in [0.4, 0.5) is 0 Å². The Morgan fingerprint density at radius 2 is 1.94 bits per heavy atom. The van der Waals surface area contributed by atoms with Crippen LogP contribution in [-0.2, 0) is 17.8 Å². The quantitative estimate of drug-likeness (QED) is 0.313. The van der Waals surface area contributed by atoms with E-state index in [1.165, 1.54) is 0 Å². The maximum Gasteiger partial charge on any atom is 0.340 e. The first-order chi connectivity index (χ1) is 16.0. The summed E-state index contributed by atoms with van der Waals surface area (Å²) in [5, 5.41) is 3.72. The summed E-state index contributed by atoms with van der Waals surface area (Å²) in [5.74, 6) is 0.324. The Bertz CT molecular complexity index is 1290. The molecule has 0 atom stereocenters. The Hall–Kier alpha value is -3.87. The van der Waals surface area contributed by atoms with Gasteiger partial charge in [0, 0.05) is 48.4 Å². The second kappa shape index (κ2) is 10.2. The van der Waals surface area contributed by atoms with Gasteiger partial charge in [0.25, 0.3) is 5.91 Å². The number of benzene rings is 2. The van der Waals surface area contributed by atoms with Gasteiger partial charge in [0.15, 0.2) is 6.61 Å². The molecule has 0 unspecified atom stereocenters. The molecule has 0 aliphatic heterocycles. The largest absolute Gasteiger partial charge is 0.483 e. The van der Waals surface area contributed by atoms with Crippen LogP contribution in [0.25, 0.3) is 11.0 Å². The molecule has 7 nitrogen and oxygen atoms in total. The summed E-state index contributed by atoms with van der Waals surface area (Å²) >= 11 is 0. The Balaban J connectivity index is 1.41. The molecule has 0 fully saturated rings. The molecule has 2 aromatic heterocycles. The molecule has 7 heteroatoms. The number of nitrogens with zero attached hydrogens (tertiary/aromatic N) is 2. The lowest BCUT2D eigenvalue weighted by molar-refractivity contribution is -0.123. The Morgan fingerprint density at radius 1 is 1.12 bits per heavy atom. The van der Waals surface area contributed by atoms with Crippen molar-refractivity contribution >= 4 is 16.9 Å². The van der Waals surface area contributed by atoms with Crippen molar-refractivity contribution in [1.82, 2.24) is 14.9 Å². The molecule has 33 heavy (non-hydrogen) atoms. The molecular weight excluding hydrogens is 418 g/mol. The van der Waals surface area contributed by atoms with Gasteiger partial charge in [0.1, 0.15) is 11.3 Å². The number of fused-ring (bicyclic) bond motifs is 1. The summed E-state index contributed by atoms with van der Waals surface area (Å²) in [6.45, 7) is 5.01. The van der Waals surface area contributed by atoms with Crippen LogP contribution in [-0.4, -0.2) is 28.6 Å². The predicted octanol–water partition coefficient (Wildman–Crippen LogP) is 3.78. The van der Waals surface area contributed by atoms with Gasteiger partial charge in [0.05, 0.1) is 6.33 Å². The third-order valence-electron chi connectivity index (χ3n) is 5.71. The fourth-order valence-corrected chi connectivity index (χ4v) is 3.83. The van der Waals surface area contributed by atoms with Crippen LogP contribution in [0.15, 0.2) is 70.4 Å². The lowest BCUT2D eigenvalue weighted by Crippen LogP contribution is -2.30. The van der Waals surface area contributed by atoms with Crippen molar-refractivity contribution in [1.29, 1.82) is 0 Å². The molecule has 4 rings (SSSR count). The number of rotatable bonds is 9. The first-order valence-electron chi connectivity index (χ1n) is 11.0. The SMILES string of the molecule is Cc1c(Cc2ccccc2)c(=O)oc2c(C)c(OCC(=O)NCCCn3ccnc3)ccc12. The smallest absolute Gasteiger partial charge is 0.340 e. The molecule has 170 valence electrons. The monoisotopic (exact) mass is 445 g/mol. The van der Waals surface area contributed by atoms with Gasteiger partial charge in [0.2, 0.25) is 0 Å². The van der Waals surface area contributed by atoms with Crippen LogP contribution in [0.2, 0.25) is 0 Å². The number of nitrogens with one attached hydrogen (secondary N) is 1. The molecule has 0 bridgehead atoms. The molecule has 0 radical (unpaired) electrons. The lowest BCUT2D eigenvalue weighted by atomic mass is 9.98.